The number of hydrogen-bond acceptors (Lipinski definition) is 6. The van der Waals surface area contributed by atoms with E-state index in [9.17, 15) is 26.3 Å². The van der Waals surface area contributed by atoms with E-state index >= 15 is 0 Å². The molecule has 14 heteroatoms. The molecule has 0 fully saturated rings. The Labute approximate surface area is 344 Å². The van der Waals surface area contributed by atoms with Crippen LogP contribution in [0.4, 0.5) is 37.7 Å². The van der Waals surface area contributed by atoms with Crippen molar-refractivity contribution in [3.63, 3.8) is 0 Å². The highest BCUT2D eigenvalue weighted by atomic mass is 19.4. The first-order valence-electron chi connectivity index (χ1n) is 19.8. The minimum atomic E-state index is -5.19. The van der Waals surface area contributed by atoms with Gasteiger partial charge in [0, 0.05) is 48.5 Å². The zero-order chi connectivity index (χ0) is 43.1. The number of carboxylic acids is 2. The Kier molecular flexibility index (Phi) is 15.9. The van der Waals surface area contributed by atoms with Crippen LogP contribution in [0, 0.1) is 0 Å². The summed E-state index contributed by atoms with van der Waals surface area (Å²) in [6.07, 6.45) is 4.44. The lowest BCUT2D eigenvalue weighted by Crippen LogP contribution is -2.37. The maximum Gasteiger partial charge on any atom is 0.430 e. The maximum atomic E-state index is 10.5. The van der Waals surface area contributed by atoms with Crippen molar-refractivity contribution in [2.45, 2.75) is 76.8 Å². The Morgan fingerprint density at radius 1 is 0.467 bits per heavy atom. The van der Waals surface area contributed by atoms with Crippen molar-refractivity contribution in [3.8, 4) is 11.1 Å². The monoisotopic (exact) mass is 832 g/mol. The van der Waals surface area contributed by atoms with E-state index in [0.717, 1.165) is 26.2 Å². The van der Waals surface area contributed by atoms with Gasteiger partial charge in [-0.05, 0) is 36.1 Å². The van der Waals surface area contributed by atoms with Crippen LogP contribution in [0.2, 0.25) is 0 Å². The Balaban J connectivity index is 0.000000420. The zero-order valence-corrected chi connectivity index (χ0v) is 32.8. The topological polar surface area (TPSA) is 112 Å². The summed E-state index contributed by atoms with van der Waals surface area (Å²) in [6.45, 7) is 3.74. The maximum absolute atomic E-state index is 10.5. The summed E-state index contributed by atoms with van der Waals surface area (Å²) in [7, 11) is 0. The van der Waals surface area contributed by atoms with Gasteiger partial charge in [0.1, 0.15) is 11.9 Å². The van der Waals surface area contributed by atoms with Crippen molar-refractivity contribution in [2.75, 3.05) is 23.7 Å². The van der Waals surface area contributed by atoms with E-state index in [2.05, 4.69) is 141 Å². The van der Waals surface area contributed by atoms with Gasteiger partial charge in [0.2, 0.25) is 11.0 Å². The van der Waals surface area contributed by atoms with Crippen molar-refractivity contribution in [1.29, 1.82) is 0 Å². The van der Waals surface area contributed by atoms with Gasteiger partial charge in [0.05, 0.1) is 22.1 Å². The van der Waals surface area contributed by atoms with Gasteiger partial charge in [-0.3, -0.25) is 0 Å². The highest BCUT2D eigenvalue weighted by Gasteiger charge is 2.29. The number of carbonyl (C=O) groups is 2. The predicted molar refractivity (Wildman–Crippen MR) is 214 cm³/mol. The number of carbonyl (C=O) groups excluding carboxylic acids is 2. The number of benzene rings is 4. The first-order chi connectivity index (χ1) is 28.7. The molecule has 60 heavy (non-hydrogen) atoms. The molecule has 0 atom stereocenters. The van der Waals surface area contributed by atoms with Crippen LogP contribution in [0.5, 0.6) is 0 Å². The number of rotatable bonds is 0. The molecule has 0 saturated heterocycles. The van der Waals surface area contributed by atoms with Crippen LogP contribution in [0.25, 0.3) is 32.9 Å². The molecular weight excluding hydrogens is 787 g/mol. The van der Waals surface area contributed by atoms with Gasteiger partial charge >= 0.3 is 12.4 Å². The Morgan fingerprint density at radius 2 is 0.783 bits per heavy atom. The van der Waals surface area contributed by atoms with E-state index in [1.807, 2.05) is 0 Å². The number of nitrogens with zero attached hydrogens (tertiary/aromatic N) is 2. The molecule has 0 spiro atoms. The first-order valence-corrected chi connectivity index (χ1v) is 19.8. The average Bonchev–Trinajstić information content (AvgIpc) is 3.22. The van der Waals surface area contributed by atoms with Gasteiger partial charge < -0.3 is 30.4 Å². The summed E-state index contributed by atoms with van der Waals surface area (Å²) in [5.41, 5.74) is 10.1. The van der Waals surface area contributed by atoms with Crippen LogP contribution in [-0.2, 0) is 22.7 Å². The molecule has 8 nitrogen and oxygen atoms in total. The number of hydrogen-bond donors (Lipinski definition) is 2. The van der Waals surface area contributed by atoms with E-state index in [0.29, 0.717) is 0 Å². The molecule has 0 amide bonds. The molecule has 0 saturated carbocycles. The SMILES string of the molecule is O=C([O-])C(F)(F)F.O=C([O-])C(F)(F)F.c1ccc2c(c1)c1cc[n+]2Cc2ccc(cc2)-c2ccc(cc2)C[n+]2ccc(c3ccccc32)NCCCCCCCCCCN1. The molecule has 0 radical (unpaired) electrons. The number of alkyl halides is 6. The quantitative estimate of drug-likeness (QED) is 0.119. The third-order valence-electron chi connectivity index (χ3n) is 9.99. The van der Waals surface area contributed by atoms with Crippen molar-refractivity contribution in [3.05, 3.63) is 133 Å². The highest BCUT2D eigenvalue weighted by Crippen LogP contribution is 2.25. The molecule has 4 aliphatic rings. The highest BCUT2D eigenvalue weighted by molar-refractivity contribution is 5.89. The van der Waals surface area contributed by atoms with Gasteiger partial charge in [-0.15, -0.1) is 0 Å². The molecule has 0 unspecified atom stereocenters. The van der Waals surface area contributed by atoms with E-state index in [1.54, 1.807) is 0 Å². The van der Waals surface area contributed by atoms with E-state index < -0.39 is 24.3 Å². The Hall–Kier alpha value is -6.18. The average molecular weight is 833 g/mol. The third kappa shape index (κ3) is 13.2. The first kappa shape index (κ1) is 44.9. The summed E-state index contributed by atoms with van der Waals surface area (Å²) in [4.78, 5) is 17.6. The number of nitrogens with one attached hydrogen (secondary N) is 2. The normalized spacial score (nSPS) is 14.2. The Bertz CT molecular complexity index is 2170. The molecule has 2 aromatic heterocycles. The lowest BCUT2D eigenvalue weighted by atomic mass is 10.0. The van der Waals surface area contributed by atoms with Crippen LogP contribution in [0.3, 0.4) is 0 Å². The molecule has 4 aliphatic heterocycles. The molecule has 4 aromatic carbocycles. The molecule has 0 aliphatic carbocycles. The van der Waals surface area contributed by atoms with Gasteiger partial charge in [-0.1, -0.05) is 111 Å². The second kappa shape index (κ2) is 21.2. The Morgan fingerprint density at radius 3 is 1.12 bits per heavy atom. The van der Waals surface area contributed by atoms with Crippen LogP contribution in [-0.4, -0.2) is 37.4 Å². The van der Waals surface area contributed by atoms with Crippen molar-refractivity contribution < 1.29 is 55.3 Å². The number of anilines is 2. The molecule has 6 aromatic rings. The molecule has 316 valence electrons. The third-order valence-corrected chi connectivity index (χ3v) is 9.99. The molecule has 8 bridgehead atoms. The van der Waals surface area contributed by atoms with E-state index in [4.69, 9.17) is 19.8 Å². The summed E-state index contributed by atoms with van der Waals surface area (Å²) >= 11 is 0. The standard InChI is InChI=1S/C42H44N4.2C2HF3O2/c1-2-4-6-12-28-44-40-26-30-46(42-16-10-8-14-38(40)42)32-34-19-23-36(24-20-34)35-21-17-33(18-22-35)31-45-29-25-39(43-27-11-5-3-1)37-13-7-9-15-41(37)45;2*3-2(4,5)1(6)7/h7-10,13-26,29-30H,1-6,11-12,27-28,31-32H2;2*(H,6,7). The number of fused-ring (bicyclic) bond motifs is 3. The fourth-order valence-corrected chi connectivity index (χ4v) is 6.91. The lowest BCUT2D eigenvalue weighted by Gasteiger charge is -2.11. The zero-order valence-electron chi connectivity index (χ0n) is 32.8. The van der Waals surface area contributed by atoms with Gasteiger partial charge in [0.15, 0.2) is 25.5 Å². The van der Waals surface area contributed by atoms with E-state index in [1.165, 1.54) is 107 Å². The molecular formula is C46H46F6N4O4. The molecule has 10 rings (SSSR count). The smallest absolute Gasteiger partial charge is 0.430 e. The number of pyridine rings is 2. The number of carboxylic acid groups (broad SMARTS) is 2. The van der Waals surface area contributed by atoms with Crippen LogP contribution in [0.1, 0.15) is 62.5 Å². The fraction of sp³-hybridized carbons (Fsp3) is 0.304. The summed E-state index contributed by atoms with van der Waals surface area (Å²) in [5, 5.41) is 27.6. The summed E-state index contributed by atoms with van der Waals surface area (Å²) in [6, 6.07) is 40.2. The van der Waals surface area contributed by atoms with Crippen LogP contribution >= 0.6 is 0 Å². The number of para-hydroxylation sites is 2. The minimum Gasteiger partial charge on any atom is -0.542 e. The second-order valence-corrected chi connectivity index (χ2v) is 14.4. The largest absolute Gasteiger partial charge is 0.542 e. The van der Waals surface area contributed by atoms with E-state index in [-0.39, 0.29) is 0 Å². The number of halogens is 6. The van der Waals surface area contributed by atoms with Crippen molar-refractivity contribution in [1.82, 2.24) is 0 Å². The number of aromatic nitrogens is 2. The molecule has 6 heterocycles. The summed E-state index contributed by atoms with van der Waals surface area (Å²) in [5.74, 6) is -6.01. The summed E-state index contributed by atoms with van der Waals surface area (Å²) < 4.78 is 67.8. The predicted octanol–water partition coefficient (Wildman–Crippen LogP) is 7.89. The van der Waals surface area contributed by atoms with Crippen molar-refractivity contribution >= 4 is 45.1 Å². The van der Waals surface area contributed by atoms with Gasteiger partial charge in [-0.2, -0.15) is 35.5 Å². The second-order valence-electron chi connectivity index (χ2n) is 14.4. The minimum absolute atomic E-state index is 0.847. The van der Waals surface area contributed by atoms with Gasteiger partial charge in [0.25, 0.3) is 0 Å². The fourth-order valence-electron chi connectivity index (χ4n) is 6.91. The van der Waals surface area contributed by atoms with Crippen molar-refractivity contribution in [2.24, 2.45) is 0 Å². The van der Waals surface area contributed by atoms with Crippen LogP contribution in [0.15, 0.2) is 122 Å². The lowest BCUT2D eigenvalue weighted by molar-refractivity contribution is -0.662. The number of aliphatic carboxylic acids is 2. The van der Waals surface area contributed by atoms with Gasteiger partial charge in [-0.25, -0.2) is 0 Å². The van der Waals surface area contributed by atoms with Crippen LogP contribution < -0.4 is 30.0 Å². The molecule has 2 N–H and O–H groups in total.